The van der Waals surface area contributed by atoms with E-state index < -0.39 is 0 Å². The maximum Gasteiger partial charge on any atom is 0.237 e. The number of hydrogen-bond acceptors (Lipinski definition) is 2. The fraction of sp³-hybridized carbons (Fsp3) is 0.417. The zero-order valence-electron chi connectivity index (χ0n) is 9.41. The van der Waals surface area contributed by atoms with Crippen LogP contribution in [0.15, 0.2) is 28.7 Å². The van der Waals surface area contributed by atoms with Gasteiger partial charge < -0.3 is 10.6 Å². The Bertz CT molecular complexity index is 381. The molecule has 3 nitrogen and oxygen atoms in total. The third kappa shape index (κ3) is 4.30. The summed E-state index contributed by atoms with van der Waals surface area (Å²) in [7, 11) is 0. The number of carbonyl (C=O) groups is 1. The first kappa shape index (κ1) is 14.5. The van der Waals surface area contributed by atoms with Gasteiger partial charge in [-0.15, -0.1) is 12.4 Å². The Morgan fingerprint density at radius 3 is 3.00 bits per heavy atom. The minimum absolute atomic E-state index is 0. The molecule has 0 radical (unpaired) electrons. The third-order valence-corrected chi connectivity index (χ3v) is 3.23. The molecular weight excluding hydrogens is 304 g/mol. The molecule has 1 amide bonds. The molecule has 1 fully saturated rings. The van der Waals surface area contributed by atoms with Crippen LogP contribution < -0.4 is 10.6 Å². The lowest BCUT2D eigenvalue weighted by atomic mass is 10.2. The number of rotatable bonds is 3. The van der Waals surface area contributed by atoms with E-state index in [1.165, 1.54) is 0 Å². The van der Waals surface area contributed by atoms with Crippen LogP contribution in [0.4, 0.5) is 0 Å². The Balaban J connectivity index is 0.00000144. The molecule has 0 spiro atoms. The molecule has 0 aliphatic carbocycles. The summed E-state index contributed by atoms with van der Waals surface area (Å²) in [6.07, 6.45) is 2.04. The minimum atomic E-state index is 0. The lowest BCUT2D eigenvalue weighted by molar-refractivity contribution is -0.122. The van der Waals surface area contributed by atoms with Gasteiger partial charge in [0.25, 0.3) is 0 Å². The van der Waals surface area contributed by atoms with Gasteiger partial charge in [0.2, 0.25) is 5.91 Å². The monoisotopic (exact) mass is 318 g/mol. The summed E-state index contributed by atoms with van der Waals surface area (Å²) in [5.74, 6) is 0.109. The molecule has 0 bridgehead atoms. The van der Waals surface area contributed by atoms with E-state index >= 15 is 0 Å². The average molecular weight is 320 g/mol. The number of hydrogen-bond donors (Lipinski definition) is 2. The molecule has 1 aromatic carbocycles. The fourth-order valence-electron chi connectivity index (χ4n) is 1.87. The van der Waals surface area contributed by atoms with Crippen LogP contribution in [0.3, 0.4) is 0 Å². The van der Waals surface area contributed by atoms with Gasteiger partial charge in [0, 0.05) is 11.0 Å². The molecule has 0 aromatic heterocycles. The summed E-state index contributed by atoms with van der Waals surface area (Å²) in [5.41, 5.74) is 1.11. The molecule has 0 unspecified atom stereocenters. The quantitative estimate of drug-likeness (QED) is 0.897. The summed E-state index contributed by atoms with van der Waals surface area (Å²) in [4.78, 5) is 11.7. The zero-order valence-corrected chi connectivity index (χ0v) is 11.8. The summed E-state index contributed by atoms with van der Waals surface area (Å²) in [5, 5.41) is 6.13. The van der Waals surface area contributed by atoms with E-state index in [4.69, 9.17) is 0 Å². The molecule has 1 aliphatic heterocycles. The van der Waals surface area contributed by atoms with Crippen LogP contribution in [0.25, 0.3) is 0 Å². The van der Waals surface area contributed by atoms with Crippen molar-refractivity contribution in [1.82, 2.24) is 10.6 Å². The molecule has 1 saturated heterocycles. The Kier molecular flexibility index (Phi) is 5.95. The summed E-state index contributed by atoms with van der Waals surface area (Å²) in [6, 6.07) is 7.98. The Morgan fingerprint density at radius 1 is 1.53 bits per heavy atom. The van der Waals surface area contributed by atoms with E-state index in [-0.39, 0.29) is 24.4 Å². The summed E-state index contributed by atoms with van der Waals surface area (Å²) >= 11 is 3.41. The number of amides is 1. The van der Waals surface area contributed by atoms with Crippen LogP contribution in [0.1, 0.15) is 18.4 Å². The van der Waals surface area contributed by atoms with Crippen molar-refractivity contribution in [1.29, 1.82) is 0 Å². The second-order valence-electron chi connectivity index (χ2n) is 4.00. The Hall–Kier alpha value is -0.580. The molecule has 1 atom stereocenters. The van der Waals surface area contributed by atoms with Gasteiger partial charge in [-0.1, -0.05) is 28.1 Å². The van der Waals surface area contributed by atoms with Crippen molar-refractivity contribution in [3.05, 3.63) is 34.3 Å². The highest BCUT2D eigenvalue weighted by Crippen LogP contribution is 2.11. The lowest BCUT2D eigenvalue weighted by Gasteiger charge is -2.11. The molecule has 5 heteroatoms. The van der Waals surface area contributed by atoms with Crippen molar-refractivity contribution in [2.24, 2.45) is 0 Å². The van der Waals surface area contributed by atoms with Crippen LogP contribution in [-0.2, 0) is 11.3 Å². The molecule has 17 heavy (non-hydrogen) atoms. The topological polar surface area (TPSA) is 41.1 Å². The van der Waals surface area contributed by atoms with Crippen molar-refractivity contribution < 1.29 is 4.79 Å². The first-order valence-corrected chi connectivity index (χ1v) is 6.30. The number of benzene rings is 1. The molecule has 2 rings (SSSR count). The maximum absolute atomic E-state index is 11.7. The predicted octanol–water partition coefficient (Wildman–Crippen LogP) is 2.24. The molecule has 2 N–H and O–H groups in total. The number of nitrogens with one attached hydrogen (secondary N) is 2. The van der Waals surface area contributed by atoms with Crippen LogP contribution in [0.5, 0.6) is 0 Å². The molecular formula is C12H16BrClN2O. The van der Waals surface area contributed by atoms with Crippen LogP contribution in [0.2, 0.25) is 0 Å². The maximum atomic E-state index is 11.7. The molecule has 1 aromatic rings. The molecule has 0 saturated carbocycles. The number of halogens is 2. The Labute approximate surface area is 116 Å². The highest BCUT2D eigenvalue weighted by Gasteiger charge is 2.21. The van der Waals surface area contributed by atoms with E-state index in [9.17, 15) is 4.79 Å². The van der Waals surface area contributed by atoms with Crippen molar-refractivity contribution in [2.75, 3.05) is 6.54 Å². The van der Waals surface area contributed by atoms with Crippen molar-refractivity contribution >= 4 is 34.2 Å². The Morgan fingerprint density at radius 2 is 2.35 bits per heavy atom. The van der Waals surface area contributed by atoms with Gasteiger partial charge in [0.05, 0.1) is 6.04 Å². The predicted molar refractivity (Wildman–Crippen MR) is 74.3 cm³/mol. The smallest absolute Gasteiger partial charge is 0.237 e. The second-order valence-corrected chi connectivity index (χ2v) is 4.91. The van der Waals surface area contributed by atoms with Gasteiger partial charge in [-0.3, -0.25) is 4.79 Å². The highest BCUT2D eigenvalue weighted by molar-refractivity contribution is 9.10. The van der Waals surface area contributed by atoms with Crippen LogP contribution in [-0.4, -0.2) is 18.5 Å². The zero-order chi connectivity index (χ0) is 11.4. The lowest BCUT2D eigenvalue weighted by Crippen LogP contribution is -2.39. The van der Waals surface area contributed by atoms with Gasteiger partial charge in [-0.05, 0) is 37.1 Å². The standard InChI is InChI=1S/C12H15BrN2O.ClH/c13-10-4-1-3-9(7-10)8-15-12(16)11-5-2-6-14-11;/h1,3-4,7,11,14H,2,5-6,8H2,(H,15,16);1H/t11-;/m1./s1. The molecule has 94 valence electrons. The van der Waals surface area contributed by atoms with Crippen molar-refractivity contribution in [3.63, 3.8) is 0 Å². The minimum Gasteiger partial charge on any atom is -0.351 e. The first-order chi connectivity index (χ1) is 7.75. The van der Waals surface area contributed by atoms with Gasteiger partial charge in [0.1, 0.15) is 0 Å². The summed E-state index contributed by atoms with van der Waals surface area (Å²) < 4.78 is 1.04. The first-order valence-electron chi connectivity index (χ1n) is 5.51. The largest absolute Gasteiger partial charge is 0.351 e. The molecule has 1 aliphatic rings. The van der Waals surface area contributed by atoms with Gasteiger partial charge in [-0.25, -0.2) is 0 Å². The van der Waals surface area contributed by atoms with Gasteiger partial charge in [0.15, 0.2) is 0 Å². The van der Waals surface area contributed by atoms with Crippen LogP contribution in [0, 0.1) is 0 Å². The third-order valence-electron chi connectivity index (χ3n) is 2.73. The summed E-state index contributed by atoms with van der Waals surface area (Å²) in [6.45, 7) is 1.55. The number of carbonyl (C=O) groups excluding carboxylic acids is 1. The van der Waals surface area contributed by atoms with Crippen LogP contribution >= 0.6 is 28.3 Å². The van der Waals surface area contributed by atoms with Gasteiger partial charge >= 0.3 is 0 Å². The van der Waals surface area contributed by atoms with Crippen molar-refractivity contribution in [2.45, 2.75) is 25.4 Å². The van der Waals surface area contributed by atoms with E-state index in [0.717, 1.165) is 29.4 Å². The van der Waals surface area contributed by atoms with E-state index in [1.807, 2.05) is 24.3 Å². The second kappa shape index (κ2) is 6.99. The highest BCUT2D eigenvalue weighted by atomic mass is 79.9. The fourth-order valence-corrected chi connectivity index (χ4v) is 2.31. The normalized spacial score (nSPS) is 18.5. The SMILES string of the molecule is Cl.O=C(NCc1cccc(Br)c1)[C@H]1CCCN1. The average Bonchev–Trinajstić information content (AvgIpc) is 2.79. The van der Waals surface area contributed by atoms with Gasteiger partial charge in [-0.2, -0.15) is 0 Å². The molecule has 1 heterocycles. The van der Waals surface area contributed by atoms with E-state index in [2.05, 4.69) is 26.6 Å². The van der Waals surface area contributed by atoms with E-state index in [1.54, 1.807) is 0 Å². The van der Waals surface area contributed by atoms with Crippen molar-refractivity contribution in [3.8, 4) is 0 Å². The van der Waals surface area contributed by atoms with E-state index in [0.29, 0.717) is 6.54 Å².